The molecule has 2 aliphatic rings. The van der Waals surface area contributed by atoms with Gasteiger partial charge in [0, 0.05) is 18.4 Å². The van der Waals surface area contributed by atoms with Crippen LogP contribution in [0, 0.1) is 5.41 Å². The largest absolute Gasteiger partial charge is 0.550 e. The fraction of sp³-hybridized carbons (Fsp3) is 0.833. The van der Waals surface area contributed by atoms with Crippen LogP contribution in [-0.2, 0) is 9.59 Å². The van der Waals surface area contributed by atoms with Gasteiger partial charge in [-0.15, -0.1) is 0 Å². The molecular weight excluding hydrogens is 206 g/mol. The quantitative estimate of drug-likeness (QED) is 0.733. The summed E-state index contributed by atoms with van der Waals surface area (Å²) in [6, 6.07) is 0.355. The second-order valence-corrected chi connectivity index (χ2v) is 5.27. The molecule has 0 aromatic carbocycles. The van der Waals surface area contributed by atoms with Gasteiger partial charge in [0.15, 0.2) is 0 Å². The van der Waals surface area contributed by atoms with Gasteiger partial charge in [-0.25, -0.2) is 0 Å². The summed E-state index contributed by atoms with van der Waals surface area (Å²) in [5.41, 5.74) is -0.322. The van der Waals surface area contributed by atoms with E-state index < -0.39 is 5.97 Å². The molecule has 16 heavy (non-hydrogen) atoms. The zero-order valence-corrected chi connectivity index (χ0v) is 9.46. The molecule has 1 N–H and O–H groups in total. The van der Waals surface area contributed by atoms with E-state index in [0.29, 0.717) is 12.5 Å². The normalized spacial score (nSPS) is 23.0. The SMILES string of the molecule is O=C([O-])CC1(CC(=O)NC2CC2)CCCC1. The Morgan fingerprint density at radius 1 is 1.19 bits per heavy atom. The van der Waals surface area contributed by atoms with E-state index in [2.05, 4.69) is 5.32 Å². The van der Waals surface area contributed by atoms with Crippen molar-refractivity contribution in [2.45, 2.75) is 57.4 Å². The molecule has 90 valence electrons. The standard InChI is InChI=1S/C12H19NO3/c14-10(13-9-3-4-9)7-12(8-11(15)16)5-1-2-6-12/h9H,1-8H2,(H,13,14)(H,15,16)/p-1. The van der Waals surface area contributed by atoms with E-state index >= 15 is 0 Å². The van der Waals surface area contributed by atoms with Gasteiger partial charge in [-0.3, -0.25) is 4.79 Å². The summed E-state index contributed by atoms with van der Waals surface area (Å²) in [5, 5.41) is 13.7. The van der Waals surface area contributed by atoms with Crippen molar-refractivity contribution in [1.82, 2.24) is 5.32 Å². The van der Waals surface area contributed by atoms with Gasteiger partial charge in [-0.2, -0.15) is 0 Å². The third kappa shape index (κ3) is 2.97. The highest BCUT2D eigenvalue weighted by Gasteiger charge is 2.37. The van der Waals surface area contributed by atoms with Crippen LogP contribution >= 0.6 is 0 Å². The highest BCUT2D eigenvalue weighted by Crippen LogP contribution is 2.43. The topological polar surface area (TPSA) is 69.2 Å². The lowest BCUT2D eigenvalue weighted by molar-refractivity contribution is -0.308. The predicted octanol–water partition coefficient (Wildman–Crippen LogP) is 0.355. The van der Waals surface area contributed by atoms with Crippen LogP contribution < -0.4 is 10.4 Å². The first-order chi connectivity index (χ1) is 7.60. The van der Waals surface area contributed by atoms with Gasteiger partial charge in [0.25, 0.3) is 0 Å². The van der Waals surface area contributed by atoms with E-state index in [1.54, 1.807) is 0 Å². The molecule has 0 bridgehead atoms. The number of carbonyl (C=O) groups excluding carboxylic acids is 2. The van der Waals surface area contributed by atoms with Crippen molar-refractivity contribution < 1.29 is 14.7 Å². The number of hydrogen-bond acceptors (Lipinski definition) is 3. The Morgan fingerprint density at radius 2 is 1.81 bits per heavy atom. The molecule has 0 atom stereocenters. The average Bonchev–Trinajstić information content (AvgIpc) is 2.85. The van der Waals surface area contributed by atoms with E-state index in [-0.39, 0.29) is 17.7 Å². The number of nitrogens with one attached hydrogen (secondary N) is 1. The fourth-order valence-corrected chi connectivity index (χ4v) is 2.69. The lowest BCUT2D eigenvalue weighted by atomic mass is 9.79. The number of hydrogen-bond donors (Lipinski definition) is 1. The highest BCUT2D eigenvalue weighted by atomic mass is 16.4. The number of carbonyl (C=O) groups is 2. The lowest BCUT2D eigenvalue weighted by Crippen LogP contribution is -2.36. The smallest absolute Gasteiger partial charge is 0.220 e. The van der Waals surface area contributed by atoms with Crippen molar-refractivity contribution in [3.8, 4) is 0 Å². The summed E-state index contributed by atoms with van der Waals surface area (Å²) >= 11 is 0. The first-order valence-corrected chi connectivity index (χ1v) is 6.09. The van der Waals surface area contributed by atoms with Crippen LogP contribution in [0.5, 0.6) is 0 Å². The zero-order valence-electron chi connectivity index (χ0n) is 9.46. The van der Waals surface area contributed by atoms with Crippen LogP contribution in [0.2, 0.25) is 0 Å². The van der Waals surface area contributed by atoms with E-state index in [4.69, 9.17) is 0 Å². The Morgan fingerprint density at radius 3 is 2.31 bits per heavy atom. The number of rotatable bonds is 5. The summed E-state index contributed by atoms with van der Waals surface area (Å²) in [6.45, 7) is 0. The molecule has 0 spiro atoms. The molecule has 0 saturated heterocycles. The Balaban J connectivity index is 1.90. The van der Waals surface area contributed by atoms with Gasteiger partial charge < -0.3 is 15.2 Å². The van der Waals surface area contributed by atoms with Crippen molar-refractivity contribution >= 4 is 11.9 Å². The molecule has 2 rings (SSSR count). The Labute approximate surface area is 95.4 Å². The Kier molecular flexibility index (Phi) is 3.17. The molecule has 2 aliphatic carbocycles. The Bertz CT molecular complexity index is 291. The predicted molar refractivity (Wildman–Crippen MR) is 56.3 cm³/mol. The van der Waals surface area contributed by atoms with E-state index in [0.717, 1.165) is 38.5 Å². The molecule has 2 saturated carbocycles. The van der Waals surface area contributed by atoms with Crippen LogP contribution in [-0.4, -0.2) is 17.9 Å². The summed E-state index contributed by atoms with van der Waals surface area (Å²) < 4.78 is 0. The first kappa shape index (κ1) is 11.4. The molecule has 4 heteroatoms. The van der Waals surface area contributed by atoms with Crippen molar-refractivity contribution in [3.63, 3.8) is 0 Å². The maximum atomic E-state index is 11.7. The third-order valence-electron chi connectivity index (χ3n) is 3.66. The second-order valence-electron chi connectivity index (χ2n) is 5.27. The third-order valence-corrected chi connectivity index (χ3v) is 3.66. The van der Waals surface area contributed by atoms with Gasteiger partial charge in [-0.1, -0.05) is 12.8 Å². The number of aliphatic carboxylic acids is 1. The molecule has 0 aromatic rings. The van der Waals surface area contributed by atoms with Crippen molar-refractivity contribution in [1.29, 1.82) is 0 Å². The van der Waals surface area contributed by atoms with Crippen LogP contribution in [0.1, 0.15) is 51.4 Å². The molecule has 0 aromatic heterocycles. The van der Waals surface area contributed by atoms with Gasteiger partial charge >= 0.3 is 0 Å². The minimum absolute atomic E-state index is 0.0191. The minimum atomic E-state index is -1.03. The van der Waals surface area contributed by atoms with E-state index in [1.165, 1.54) is 0 Å². The van der Waals surface area contributed by atoms with Crippen molar-refractivity contribution in [3.05, 3.63) is 0 Å². The van der Waals surface area contributed by atoms with Crippen LogP contribution in [0.3, 0.4) is 0 Å². The van der Waals surface area contributed by atoms with Gasteiger partial charge in [0.1, 0.15) is 0 Å². The number of carboxylic acid groups (broad SMARTS) is 1. The fourth-order valence-electron chi connectivity index (χ4n) is 2.69. The second kappa shape index (κ2) is 4.44. The zero-order chi connectivity index (χ0) is 11.6. The monoisotopic (exact) mass is 224 g/mol. The van der Waals surface area contributed by atoms with Gasteiger partial charge in [0.05, 0.1) is 0 Å². The summed E-state index contributed by atoms with van der Waals surface area (Å²) in [5.74, 6) is -1.01. The van der Waals surface area contributed by atoms with Crippen molar-refractivity contribution in [2.75, 3.05) is 0 Å². The summed E-state index contributed by atoms with van der Waals surface area (Å²) in [6.07, 6.45) is 6.28. The molecular formula is C12H18NO3-. The van der Waals surface area contributed by atoms with Crippen LogP contribution in [0.4, 0.5) is 0 Å². The maximum absolute atomic E-state index is 11.7. The van der Waals surface area contributed by atoms with Crippen LogP contribution in [0.25, 0.3) is 0 Å². The molecule has 0 unspecified atom stereocenters. The molecule has 0 heterocycles. The van der Waals surface area contributed by atoms with Gasteiger partial charge in [0.2, 0.25) is 5.91 Å². The molecule has 0 radical (unpaired) electrons. The average molecular weight is 224 g/mol. The summed E-state index contributed by atoms with van der Waals surface area (Å²) in [7, 11) is 0. The lowest BCUT2D eigenvalue weighted by Gasteiger charge is -2.28. The number of amides is 1. The Hall–Kier alpha value is -1.06. The summed E-state index contributed by atoms with van der Waals surface area (Å²) in [4.78, 5) is 22.4. The molecule has 1 amide bonds. The first-order valence-electron chi connectivity index (χ1n) is 6.09. The number of carboxylic acids is 1. The van der Waals surface area contributed by atoms with Crippen molar-refractivity contribution in [2.24, 2.45) is 5.41 Å². The molecule has 4 nitrogen and oxygen atoms in total. The highest BCUT2D eigenvalue weighted by molar-refractivity contribution is 5.78. The van der Waals surface area contributed by atoms with E-state index in [9.17, 15) is 14.7 Å². The molecule has 0 aliphatic heterocycles. The van der Waals surface area contributed by atoms with Gasteiger partial charge in [-0.05, 0) is 37.5 Å². The minimum Gasteiger partial charge on any atom is -0.550 e. The molecule has 2 fully saturated rings. The van der Waals surface area contributed by atoms with E-state index in [1.807, 2.05) is 0 Å². The van der Waals surface area contributed by atoms with Crippen LogP contribution in [0.15, 0.2) is 0 Å². The maximum Gasteiger partial charge on any atom is 0.220 e.